The van der Waals surface area contributed by atoms with Crippen LogP contribution in [0.4, 0.5) is 0 Å². The van der Waals surface area contributed by atoms with Gasteiger partial charge in [-0.1, -0.05) is 0 Å². The zero-order chi connectivity index (χ0) is 19.7. The van der Waals surface area contributed by atoms with Gasteiger partial charge in [0.05, 0.1) is 5.69 Å². The van der Waals surface area contributed by atoms with Gasteiger partial charge in [0.15, 0.2) is 21.3 Å². The van der Waals surface area contributed by atoms with Gasteiger partial charge in [-0.15, -0.1) is 0 Å². The van der Waals surface area contributed by atoms with Crippen molar-refractivity contribution in [3.05, 3.63) is 42.0 Å². The zero-order valence-electron chi connectivity index (χ0n) is 15.5. The molecule has 0 saturated carbocycles. The predicted octanol–water partition coefficient (Wildman–Crippen LogP) is 1.67. The Morgan fingerprint density at radius 1 is 1.21 bits per heavy atom. The van der Waals surface area contributed by atoms with Crippen LogP contribution in [0.15, 0.2) is 35.6 Å². The van der Waals surface area contributed by atoms with E-state index >= 15 is 0 Å². The number of piperidine rings is 1. The first-order chi connectivity index (χ1) is 13.4. The van der Waals surface area contributed by atoms with Crippen LogP contribution < -0.4 is 9.47 Å². The van der Waals surface area contributed by atoms with E-state index in [1.807, 2.05) is 0 Å². The number of ether oxygens (including phenoxy) is 2. The number of aromatic nitrogens is 2. The maximum Gasteiger partial charge on any atom is 0.254 e. The molecule has 0 unspecified atom stereocenters. The van der Waals surface area contributed by atoms with Gasteiger partial charge in [-0.25, -0.2) is 18.4 Å². The van der Waals surface area contributed by atoms with Crippen LogP contribution in [0.5, 0.6) is 11.5 Å². The van der Waals surface area contributed by atoms with Gasteiger partial charge in [-0.05, 0) is 31.0 Å². The second-order valence-corrected chi connectivity index (χ2v) is 8.98. The van der Waals surface area contributed by atoms with E-state index in [1.54, 1.807) is 23.1 Å². The van der Waals surface area contributed by atoms with E-state index in [1.165, 1.54) is 12.5 Å². The maximum absolute atomic E-state index is 13.0. The molecule has 2 aliphatic rings. The third-order valence-electron chi connectivity index (χ3n) is 4.99. The van der Waals surface area contributed by atoms with Gasteiger partial charge in [0.2, 0.25) is 0 Å². The van der Waals surface area contributed by atoms with Crippen molar-refractivity contribution in [2.24, 2.45) is 0 Å². The third kappa shape index (κ3) is 3.66. The molecule has 1 aromatic carbocycles. The van der Waals surface area contributed by atoms with Crippen LogP contribution in [0.2, 0.25) is 0 Å². The summed E-state index contributed by atoms with van der Waals surface area (Å²) >= 11 is 0. The van der Waals surface area contributed by atoms with Crippen molar-refractivity contribution in [1.82, 2.24) is 14.9 Å². The number of amides is 1. The van der Waals surface area contributed by atoms with Crippen molar-refractivity contribution < 1.29 is 22.7 Å². The molecule has 2 aliphatic heterocycles. The first-order valence-corrected chi connectivity index (χ1v) is 11.0. The maximum atomic E-state index is 13.0. The first kappa shape index (κ1) is 18.7. The lowest BCUT2D eigenvalue weighted by atomic mass is 9.94. The molecular formula is C19H21N3O5S. The molecule has 9 heteroatoms. The number of sulfone groups is 1. The van der Waals surface area contributed by atoms with E-state index in [-0.39, 0.29) is 16.7 Å². The molecule has 0 bridgehead atoms. The van der Waals surface area contributed by atoms with Crippen LogP contribution in [0.1, 0.15) is 34.8 Å². The number of likely N-dealkylation sites (tertiary alicyclic amines) is 1. The molecule has 2 aromatic rings. The van der Waals surface area contributed by atoms with Crippen LogP contribution in [0, 0.1) is 0 Å². The number of rotatable bonds is 3. The van der Waals surface area contributed by atoms with Crippen LogP contribution in [-0.2, 0) is 9.84 Å². The van der Waals surface area contributed by atoms with Crippen molar-refractivity contribution in [2.45, 2.75) is 23.7 Å². The summed E-state index contributed by atoms with van der Waals surface area (Å²) in [6, 6.07) is 5.18. The molecule has 0 aliphatic carbocycles. The predicted molar refractivity (Wildman–Crippen MR) is 100 cm³/mol. The SMILES string of the molecule is CS(=O)(=O)c1cncnc1[C@@H]1CCCN(C(=O)c2ccc3c(c2)OCCO3)C1. The average Bonchev–Trinajstić information content (AvgIpc) is 2.72. The summed E-state index contributed by atoms with van der Waals surface area (Å²) < 4.78 is 35.2. The highest BCUT2D eigenvalue weighted by Crippen LogP contribution is 2.33. The molecule has 0 N–H and O–H groups in total. The van der Waals surface area contributed by atoms with Crippen LogP contribution in [0.3, 0.4) is 0 Å². The summed E-state index contributed by atoms with van der Waals surface area (Å²) in [4.78, 5) is 23.0. The minimum atomic E-state index is -3.44. The Hall–Kier alpha value is -2.68. The molecular weight excluding hydrogens is 382 g/mol. The van der Waals surface area contributed by atoms with E-state index < -0.39 is 9.84 Å². The summed E-state index contributed by atoms with van der Waals surface area (Å²) in [5.41, 5.74) is 1.01. The van der Waals surface area contributed by atoms with Crippen molar-refractivity contribution >= 4 is 15.7 Å². The Morgan fingerprint density at radius 3 is 2.79 bits per heavy atom. The fraction of sp³-hybridized carbons (Fsp3) is 0.421. The Bertz CT molecular complexity index is 1010. The molecule has 1 fully saturated rings. The standard InChI is InChI=1S/C19H21N3O5S/c1-28(24,25)17-10-20-12-21-18(17)14-3-2-6-22(11-14)19(23)13-4-5-15-16(9-13)27-8-7-26-15/h4-5,9-10,12,14H,2-3,6-8,11H2,1H3/t14-/m1/s1. The highest BCUT2D eigenvalue weighted by atomic mass is 32.2. The van der Waals surface area contributed by atoms with Gasteiger partial charge < -0.3 is 14.4 Å². The second-order valence-electron chi connectivity index (χ2n) is 6.99. The van der Waals surface area contributed by atoms with E-state index in [9.17, 15) is 13.2 Å². The van der Waals surface area contributed by atoms with E-state index in [0.717, 1.165) is 19.1 Å². The largest absolute Gasteiger partial charge is 0.486 e. The second kappa shape index (κ2) is 7.38. The van der Waals surface area contributed by atoms with Crippen molar-refractivity contribution in [3.8, 4) is 11.5 Å². The molecule has 0 spiro atoms. The van der Waals surface area contributed by atoms with Crippen LogP contribution in [-0.4, -0.2) is 61.8 Å². The monoisotopic (exact) mass is 403 g/mol. The lowest BCUT2D eigenvalue weighted by molar-refractivity contribution is 0.0704. The highest BCUT2D eigenvalue weighted by Gasteiger charge is 2.30. The number of benzene rings is 1. The van der Waals surface area contributed by atoms with Gasteiger partial charge in [0.25, 0.3) is 5.91 Å². The van der Waals surface area contributed by atoms with Gasteiger partial charge in [-0.3, -0.25) is 4.79 Å². The molecule has 1 amide bonds. The molecule has 4 rings (SSSR count). The lowest BCUT2D eigenvalue weighted by Crippen LogP contribution is -2.39. The van der Waals surface area contributed by atoms with Crippen molar-refractivity contribution in [3.63, 3.8) is 0 Å². The highest BCUT2D eigenvalue weighted by molar-refractivity contribution is 7.90. The number of hydrogen-bond acceptors (Lipinski definition) is 7. The molecule has 28 heavy (non-hydrogen) atoms. The fourth-order valence-electron chi connectivity index (χ4n) is 3.66. The van der Waals surface area contributed by atoms with Gasteiger partial charge in [-0.2, -0.15) is 0 Å². The fourth-order valence-corrected chi connectivity index (χ4v) is 4.51. The molecule has 3 heterocycles. The van der Waals surface area contributed by atoms with Crippen molar-refractivity contribution in [2.75, 3.05) is 32.6 Å². The minimum Gasteiger partial charge on any atom is -0.486 e. The molecule has 148 valence electrons. The molecule has 1 aromatic heterocycles. The minimum absolute atomic E-state index is 0.114. The van der Waals surface area contributed by atoms with E-state index in [2.05, 4.69) is 9.97 Å². The summed E-state index contributed by atoms with van der Waals surface area (Å²) in [6.07, 6.45) is 5.37. The Kier molecular flexibility index (Phi) is 4.92. The zero-order valence-corrected chi connectivity index (χ0v) is 16.3. The Morgan fingerprint density at radius 2 is 2.00 bits per heavy atom. The number of carbonyl (C=O) groups is 1. The van der Waals surface area contributed by atoms with Crippen molar-refractivity contribution in [1.29, 1.82) is 0 Å². The third-order valence-corrected chi connectivity index (χ3v) is 6.11. The smallest absolute Gasteiger partial charge is 0.254 e. The summed E-state index contributed by atoms with van der Waals surface area (Å²) in [7, 11) is -3.44. The number of fused-ring (bicyclic) bond motifs is 1. The average molecular weight is 403 g/mol. The van der Waals surface area contributed by atoms with Gasteiger partial charge in [0.1, 0.15) is 24.4 Å². The number of nitrogens with zero attached hydrogens (tertiary/aromatic N) is 3. The quantitative estimate of drug-likeness (QED) is 0.769. The lowest BCUT2D eigenvalue weighted by Gasteiger charge is -2.33. The summed E-state index contributed by atoms with van der Waals surface area (Å²) in [5, 5.41) is 0. The van der Waals surface area contributed by atoms with E-state index in [0.29, 0.717) is 49.1 Å². The molecule has 1 atom stereocenters. The Labute approximate surface area is 163 Å². The van der Waals surface area contributed by atoms with E-state index in [4.69, 9.17) is 9.47 Å². The molecule has 8 nitrogen and oxygen atoms in total. The number of carbonyl (C=O) groups excluding carboxylic acids is 1. The first-order valence-electron chi connectivity index (χ1n) is 9.12. The molecule has 0 radical (unpaired) electrons. The van der Waals surface area contributed by atoms with Crippen LogP contribution >= 0.6 is 0 Å². The topological polar surface area (TPSA) is 98.7 Å². The Balaban J connectivity index is 1.57. The van der Waals surface area contributed by atoms with Gasteiger partial charge >= 0.3 is 0 Å². The summed E-state index contributed by atoms with van der Waals surface area (Å²) in [5.74, 6) is 0.943. The van der Waals surface area contributed by atoms with Crippen LogP contribution in [0.25, 0.3) is 0 Å². The number of hydrogen-bond donors (Lipinski definition) is 0. The van der Waals surface area contributed by atoms with Gasteiger partial charge in [0, 0.05) is 37.0 Å². The normalized spacial score (nSPS) is 19.3. The molecule has 1 saturated heterocycles. The summed E-state index contributed by atoms with van der Waals surface area (Å²) in [6.45, 7) is 1.98.